The van der Waals surface area contributed by atoms with Crippen molar-refractivity contribution < 1.29 is 4.74 Å². The Morgan fingerprint density at radius 2 is 0.938 bits per heavy atom. The third-order valence-corrected chi connectivity index (χ3v) is 14.3. The minimum atomic E-state index is -0.501. The summed E-state index contributed by atoms with van der Waals surface area (Å²) in [4.78, 5) is 2.49. The summed E-state index contributed by atoms with van der Waals surface area (Å²) in [6, 6.07) is 82.7. The van der Waals surface area contributed by atoms with Crippen LogP contribution in [0.4, 0.5) is 17.1 Å². The van der Waals surface area contributed by atoms with Gasteiger partial charge in [-0.1, -0.05) is 190 Å². The fraction of sp³-hybridized carbons (Fsp3) is 0.0645. The molecule has 0 bridgehead atoms. The van der Waals surface area contributed by atoms with E-state index < -0.39 is 5.41 Å². The molecular formula is C62H43NO. The van der Waals surface area contributed by atoms with E-state index in [1.165, 1.54) is 83.1 Å². The van der Waals surface area contributed by atoms with E-state index in [2.05, 4.69) is 243 Å². The van der Waals surface area contributed by atoms with Gasteiger partial charge in [0, 0.05) is 33.5 Å². The monoisotopic (exact) mass is 817 g/mol. The predicted molar refractivity (Wildman–Crippen MR) is 264 cm³/mol. The summed E-state index contributed by atoms with van der Waals surface area (Å²) >= 11 is 0. The van der Waals surface area contributed by atoms with Crippen LogP contribution in [0.15, 0.2) is 224 Å². The number of ether oxygens (including phenoxy) is 1. The SMILES string of the molecule is CC1(C)c2ccccc2-c2ccc(N(c3cccc(-c4ccc5c(c4)-c4ccccc4C54c5ccccc5Oc5ccccc54)c3)c3ccc4ccccc4c3-c3ccccc3)cc21. The van der Waals surface area contributed by atoms with Crippen molar-refractivity contribution in [1.82, 2.24) is 0 Å². The van der Waals surface area contributed by atoms with Crippen molar-refractivity contribution in [2.24, 2.45) is 0 Å². The van der Waals surface area contributed by atoms with Crippen molar-refractivity contribution in [3.05, 3.63) is 258 Å². The molecule has 1 spiro atoms. The van der Waals surface area contributed by atoms with E-state index in [1.54, 1.807) is 0 Å². The fourth-order valence-corrected chi connectivity index (χ4v) is 11.5. The van der Waals surface area contributed by atoms with Crippen LogP contribution in [0.1, 0.15) is 47.2 Å². The molecule has 0 saturated carbocycles. The Bertz CT molecular complexity index is 3480. The summed E-state index contributed by atoms with van der Waals surface area (Å²) in [5.41, 5.74) is 20.2. The highest BCUT2D eigenvalue weighted by atomic mass is 16.5. The molecule has 0 fully saturated rings. The first-order chi connectivity index (χ1) is 31.5. The molecule has 10 aromatic rings. The van der Waals surface area contributed by atoms with Gasteiger partial charge in [0.15, 0.2) is 0 Å². The van der Waals surface area contributed by atoms with Crippen molar-refractivity contribution in [2.75, 3.05) is 4.90 Å². The van der Waals surface area contributed by atoms with Gasteiger partial charge in [-0.3, -0.25) is 0 Å². The number of rotatable bonds is 5. The average Bonchev–Trinajstić information content (AvgIpc) is 3.76. The molecule has 10 aromatic carbocycles. The first-order valence-corrected chi connectivity index (χ1v) is 22.3. The molecule has 2 heteroatoms. The maximum atomic E-state index is 6.60. The van der Waals surface area contributed by atoms with E-state index in [0.717, 1.165) is 34.1 Å². The average molecular weight is 818 g/mol. The number of nitrogens with zero attached hydrogens (tertiary/aromatic N) is 1. The molecule has 64 heavy (non-hydrogen) atoms. The molecule has 0 saturated heterocycles. The molecule has 2 nitrogen and oxygen atoms in total. The van der Waals surface area contributed by atoms with Crippen molar-refractivity contribution in [3.8, 4) is 56.0 Å². The molecule has 1 aliphatic heterocycles. The molecule has 0 N–H and O–H groups in total. The maximum absolute atomic E-state index is 6.60. The highest BCUT2D eigenvalue weighted by molar-refractivity contribution is 6.06. The Balaban J connectivity index is 1.02. The summed E-state index contributed by atoms with van der Waals surface area (Å²) < 4.78 is 6.60. The highest BCUT2D eigenvalue weighted by Crippen LogP contribution is 2.62. The number of fused-ring (bicyclic) bond motifs is 13. The molecule has 0 amide bonds. The fourth-order valence-electron chi connectivity index (χ4n) is 11.5. The van der Waals surface area contributed by atoms with Crippen molar-refractivity contribution >= 4 is 27.8 Å². The van der Waals surface area contributed by atoms with Gasteiger partial charge in [0.25, 0.3) is 0 Å². The number of anilines is 3. The Hall–Kier alpha value is -7.94. The lowest BCUT2D eigenvalue weighted by molar-refractivity contribution is 0.436. The van der Waals surface area contributed by atoms with Crippen LogP contribution in [-0.4, -0.2) is 0 Å². The van der Waals surface area contributed by atoms with Gasteiger partial charge in [-0.05, 0) is 121 Å². The minimum absolute atomic E-state index is 0.148. The second kappa shape index (κ2) is 13.8. The van der Waals surface area contributed by atoms with E-state index in [0.29, 0.717) is 0 Å². The Labute approximate surface area is 374 Å². The predicted octanol–water partition coefficient (Wildman–Crippen LogP) is 16.4. The van der Waals surface area contributed by atoms with Gasteiger partial charge in [0.05, 0.1) is 11.1 Å². The van der Waals surface area contributed by atoms with Crippen LogP contribution in [0.2, 0.25) is 0 Å². The van der Waals surface area contributed by atoms with Crippen LogP contribution < -0.4 is 9.64 Å². The minimum Gasteiger partial charge on any atom is -0.457 e. The van der Waals surface area contributed by atoms with Gasteiger partial charge in [0.1, 0.15) is 11.5 Å². The molecule has 13 rings (SSSR count). The van der Waals surface area contributed by atoms with E-state index in [-0.39, 0.29) is 5.41 Å². The number of hydrogen-bond donors (Lipinski definition) is 0. The molecule has 0 atom stereocenters. The third kappa shape index (κ3) is 5.14. The lowest BCUT2D eigenvalue weighted by Gasteiger charge is -2.39. The molecule has 2 aliphatic carbocycles. The summed E-state index contributed by atoms with van der Waals surface area (Å²) in [7, 11) is 0. The Kier molecular flexibility index (Phi) is 7.90. The van der Waals surface area contributed by atoms with E-state index in [1.807, 2.05) is 0 Å². The molecule has 0 radical (unpaired) electrons. The zero-order valence-electron chi connectivity index (χ0n) is 35.7. The second-order valence-corrected chi connectivity index (χ2v) is 18.0. The summed E-state index contributed by atoms with van der Waals surface area (Å²) in [5, 5.41) is 2.44. The van der Waals surface area contributed by atoms with Crippen LogP contribution in [0.25, 0.3) is 55.3 Å². The van der Waals surface area contributed by atoms with Gasteiger partial charge in [-0.15, -0.1) is 0 Å². The topological polar surface area (TPSA) is 12.5 Å². The van der Waals surface area contributed by atoms with Gasteiger partial charge in [-0.2, -0.15) is 0 Å². The van der Waals surface area contributed by atoms with Gasteiger partial charge in [-0.25, -0.2) is 0 Å². The summed E-state index contributed by atoms with van der Waals surface area (Å²) in [6.07, 6.45) is 0. The van der Waals surface area contributed by atoms with Crippen LogP contribution in [0.3, 0.4) is 0 Å². The summed E-state index contributed by atoms with van der Waals surface area (Å²) in [5.74, 6) is 1.81. The maximum Gasteiger partial charge on any atom is 0.132 e. The van der Waals surface area contributed by atoms with E-state index >= 15 is 0 Å². The van der Waals surface area contributed by atoms with E-state index in [9.17, 15) is 0 Å². The zero-order chi connectivity index (χ0) is 42.6. The molecule has 1 heterocycles. The van der Waals surface area contributed by atoms with Crippen molar-refractivity contribution in [2.45, 2.75) is 24.7 Å². The molecule has 3 aliphatic rings. The Morgan fingerprint density at radius 1 is 0.359 bits per heavy atom. The van der Waals surface area contributed by atoms with Crippen molar-refractivity contribution in [3.63, 3.8) is 0 Å². The van der Waals surface area contributed by atoms with Crippen molar-refractivity contribution in [1.29, 1.82) is 0 Å². The highest BCUT2D eigenvalue weighted by Gasteiger charge is 2.51. The van der Waals surface area contributed by atoms with Crippen LogP contribution in [0, 0.1) is 0 Å². The van der Waals surface area contributed by atoms with Crippen LogP contribution in [-0.2, 0) is 10.8 Å². The number of para-hydroxylation sites is 2. The second-order valence-electron chi connectivity index (χ2n) is 18.0. The number of hydrogen-bond acceptors (Lipinski definition) is 2. The largest absolute Gasteiger partial charge is 0.457 e. The molecular weight excluding hydrogens is 775 g/mol. The summed E-state index contributed by atoms with van der Waals surface area (Å²) in [6.45, 7) is 4.73. The third-order valence-electron chi connectivity index (χ3n) is 14.3. The zero-order valence-corrected chi connectivity index (χ0v) is 35.7. The lowest BCUT2D eigenvalue weighted by Crippen LogP contribution is -2.32. The lowest BCUT2D eigenvalue weighted by atomic mass is 9.66. The van der Waals surface area contributed by atoms with Gasteiger partial charge in [0.2, 0.25) is 0 Å². The Morgan fingerprint density at radius 3 is 1.72 bits per heavy atom. The standard InChI is InChI=1S/C62H43NO/c1-61(2)51-25-10-8-23-47(51)49-34-33-45(39-56(49)61)63(57-36-32-40-17-6-7-22-46(40)60(57)41-18-4-3-5-19-41)44-21-16-20-42(37-44)43-31-35-53-50(38-43)48-24-9-11-26-52(48)62(53)54-27-12-14-29-58(54)64-59-30-15-13-28-55(59)62/h3-39H,1-2H3. The first kappa shape index (κ1) is 36.7. The normalized spacial score (nSPS) is 14.2. The molecule has 0 unspecified atom stereocenters. The quantitative estimate of drug-likeness (QED) is 0.172. The smallest absolute Gasteiger partial charge is 0.132 e. The van der Waals surface area contributed by atoms with Gasteiger partial charge < -0.3 is 9.64 Å². The first-order valence-electron chi connectivity index (χ1n) is 22.3. The van der Waals surface area contributed by atoms with Crippen LogP contribution >= 0.6 is 0 Å². The molecule has 302 valence electrons. The molecule has 0 aromatic heterocycles. The van der Waals surface area contributed by atoms with Crippen LogP contribution in [0.5, 0.6) is 11.5 Å². The van der Waals surface area contributed by atoms with E-state index in [4.69, 9.17) is 4.74 Å². The number of benzene rings is 10. The van der Waals surface area contributed by atoms with Gasteiger partial charge >= 0.3 is 0 Å².